The molecule has 0 saturated carbocycles. The van der Waals surface area contributed by atoms with Crippen LogP contribution in [0.25, 0.3) is 0 Å². The zero-order valence-corrected chi connectivity index (χ0v) is 9.87. The molecule has 0 aliphatic heterocycles. The number of ether oxygens (including phenoxy) is 4. The minimum absolute atomic E-state index is 0.215. The number of hydrogen-bond acceptors (Lipinski definition) is 4. The van der Waals surface area contributed by atoms with E-state index in [4.69, 9.17) is 18.9 Å². The van der Waals surface area contributed by atoms with Crippen molar-refractivity contribution >= 4 is 0 Å². The Hall–Kier alpha value is -1.00. The van der Waals surface area contributed by atoms with Crippen molar-refractivity contribution in [1.29, 1.82) is 0 Å². The molecule has 1 aliphatic carbocycles. The van der Waals surface area contributed by atoms with Crippen LogP contribution in [-0.4, -0.2) is 40.1 Å². The van der Waals surface area contributed by atoms with Gasteiger partial charge in [0.05, 0.1) is 14.2 Å². The Balaban J connectivity index is 3.14. The van der Waals surface area contributed by atoms with Gasteiger partial charge in [-0.2, -0.15) is 0 Å². The number of hydrogen-bond donors (Lipinski definition) is 0. The topological polar surface area (TPSA) is 36.9 Å². The first kappa shape index (κ1) is 12.1. The van der Waals surface area contributed by atoms with Crippen LogP contribution in [0.2, 0.25) is 0 Å². The van der Waals surface area contributed by atoms with E-state index < -0.39 is 5.60 Å². The maximum absolute atomic E-state index is 5.40. The van der Waals surface area contributed by atoms with Crippen LogP contribution in [0.15, 0.2) is 23.7 Å². The molecule has 0 radical (unpaired) electrons. The molecule has 86 valence electrons. The molecule has 0 N–H and O–H groups in total. The van der Waals surface area contributed by atoms with Crippen LogP contribution >= 0.6 is 0 Å². The first-order chi connectivity index (χ1) is 7.12. The molecule has 1 rings (SSSR count). The molecule has 0 aromatic carbocycles. The molecule has 1 aliphatic rings. The van der Waals surface area contributed by atoms with E-state index in [0.717, 1.165) is 0 Å². The quantitative estimate of drug-likeness (QED) is 0.664. The van der Waals surface area contributed by atoms with Crippen LogP contribution in [0, 0.1) is 0 Å². The highest BCUT2D eigenvalue weighted by Gasteiger charge is 2.37. The first-order valence-corrected chi connectivity index (χ1v) is 4.73. The van der Waals surface area contributed by atoms with Gasteiger partial charge in [-0.05, 0) is 19.1 Å². The maximum Gasteiger partial charge on any atom is 0.172 e. The van der Waals surface area contributed by atoms with Crippen LogP contribution < -0.4 is 0 Å². The van der Waals surface area contributed by atoms with Gasteiger partial charge in [-0.1, -0.05) is 0 Å². The maximum atomic E-state index is 5.40. The number of rotatable bonds is 4. The predicted molar refractivity (Wildman–Crippen MR) is 56.4 cm³/mol. The molecule has 0 heterocycles. The highest BCUT2D eigenvalue weighted by molar-refractivity contribution is 5.32. The summed E-state index contributed by atoms with van der Waals surface area (Å²) >= 11 is 0. The molecular weight excluding hydrogens is 196 g/mol. The molecule has 0 fully saturated rings. The highest BCUT2D eigenvalue weighted by atomic mass is 16.6. The van der Waals surface area contributed by atoms with E-state index in [1.165, 1.54) is 0 Å². The monoisotopic (exact) mass is 214 g/mol. The van der Waals surface area contributed by atoms with Crippen molar-refractivity contribution in [3.05, 3.63) is 23.7 Å². The largest absolute Gasteiger partial charge is 0.494 e. The van der Waals surface area contributed by atoms with Gasteiger partial charge in [0.1, 0.15) is 11.7 Å². The Morgan fingerprint density at radius 1 is 1.13 bits per heavy atom. The summed E-state index contributed by atoms with van der Waals surface area (Å²) in [5.41, 5.74) is -0.588. The lowest BCUT2D eigenvalue weighted by Crippen LogP contribution is -2.36. The van der Waals surface area contributed by atoms with Gasteiger partial charge >= 0.3 is 0 Å². The van der Waals surface area contributed by atoms with E-state index in [-0.39, 0.29) is 6.10 Å². The van der Waals surface area contributed by atoms with E-state index in [1.54, 1.807) is 28.4 Å². The average Bonchev–Trinajstić information content (AvgIpc) is 2.28. The van der Waals surface area contributed by atoms with Gasteiger partial charge in [-0.25, -0.2) is 0 Å². The van der Waals surface area contributed by atoms with Crippen LogP contribution in [0.3, 0.4) is 0 Å². The molecule has 15 heavy (non-hydrogen) atoms. The second kappa shape index (κ2) is 4.68. The van der Waals surface area contributed by atoms with Crippen LogP contribution in [0.1, 0.15) is 6.92 Å². The van der Waals surface area contributed by atoms with Crippen molar-refractivity contribution in [2.75, 3.05) is 28.4 Å². The lowest BCUT2D eigenvalue weighted by molar-refractivity contribution is 0.00339. The van der Waals surface area contributed by atoms with Crippen LogP contribution in [0.4, 0.5) is 0 Å². The fourth-order valence-electron chi connectivity index (χ4n) is 1.67. The zero-order chi connectivity index (χ0) is 11.5. The summed E-state index contributed by atoms with van der Waals surface area (Å²) in [5.74, 6) is 1.29. The van der Waals surface area contributed by atoms with Gasteiger partial charge in [0.15, 0.2) is 11.5 Å². The van der Waals surface area contributed by atoms with Gasteiger partial charge in [-0.3, -0.25) is 0 Å². The van der Waals surface area contributed by atoms with Crippen molar-refractivity contribution in [3.63, 3.8) is 0 Å². The normalized spacial score (nSPS) is 30.6. The van der Waals surface area contributed by atoms with Gasteiger partial charge in [0.25, 0.3) is 0 Å². The molecule has 0 amide bonds. The third kappa shape index (κ3) is 2.01. The third-order valence-corrected chi connectivity index (χ3v) is 2.62. The molecule has 0 aromatic rings. The van der Waals surface area contributed by atoms with Gasteiger partial charge in [0, 0.05) is 14.2 Å². The van der Waals surface area contributed by atoms with Gasteiger partial charge in [-0.15, -0.1) is 0 Å². The zero-order valence-electron chi connectivity index (χ0n) is 9.87. The van der Waals surface area contributed by atoms with E-state index in [2.05, 4.69) is 0 Å². The third-order valence-electron chi connectivity index (χ3n) is 2.62. The van der Waals surface area contributed by atoms with Crippen molar-refractivity contribution in [2.24, 2.45) is 0 Å². The lowest BCUT2D eigenvalue weighted by Gasteiger charge is -2.33. The second-order valence-corrected chi connectivity index (χ2v) is 3.43. The molecule has 0 spiro atoms. The van der Waals surface area contributed by atoms with Crippen LogP contribution in [0.5, 0.6) is 0 Å². The molecule has 0 aromatic heterocycles. The summed E-state index contributed by atoms with van der Waals surface area (Å²) in [4.78, 5) is 0. The smallest absolute Gasteiger partial charge is 0.172 e. The summed E-state index contributed by atoms with van der Waals surface area (Å²) in [6, 6.07) is 0. The Morgan fingerprint density at radius 3 is 2.20 bits per heavy atom. The summed E-state index contributed by atoms with van der Waals surface area (Å²) < 4.78 is 21.3. The van der Waals surface area contributed by atoms with Gasteiger partial charge < -0.3 is 18.9 Å². The van der Waals surface area contributed by atoms with E-state index >= 15 is 0 Å². The Kier molecular flexibility index (Phi) is 3.77. The van der Waals surface area contributed by atoms with Crippen molar-refractivity contribution in [3.8, 4) is 0 Å². The first-order valence-electron chi connectivity index (χ1n) is 4.73. The second-order valence-electron chi connectivity index (χ2n) is 3.43. The summed E-state index contributed by atoms with van der Waals surface area (Å²) in [5, 5.41) is 0. The SMILES string of the molecule is COC1=C(OC)C(C)(OC)C=CC1OC. The average molecular weight is 214 g/mol. The number of methoxy groups -OCH3 is 4. The standard InChI is InChI=1S/C11H18O4/c1-11(15-5)7-6-8(12-2)9(13-3)10(11)14-4/h6-8H,1-5H3. The Labute approximate surface area is 90.5 Å². The summed E-state index contributed by atoms with van der Waals surface area (Å²) in [6.45, 7) is 1.91. The lowest BCUT2D eigenvalue weighted by atomic mass is 9.94. The summed E-state index contributed by atoms with van der Waals surface area (Å²) in [7, 11) is 6.44. The van der Waals surface area contributed by atoms with Gasteiger partial charge in [0.2, 0.25) is 0 Å². The summed E-state index contributed by atoms with van der Waals surface area (Å²) in [6.07, 6.45) is 3.58. The molecular formula is C11H18O4. The Bertz CT molecular complexity index is 282. The predicted octanol–water partition coefficient (Wildman–Crippen LogP) is 1.48. The molecule has 2 atom stereocenters. The Morgan fingerprint density at radius 2 is 1.80 bits per heavy atom. The van der Waals surface area contributed by atoms with Crippen LogP contribution in [-0.2, 0) is 18.9 Å². The fraction of sp³-hybridized carbons (Fsp3) is 0.636. The molecule has 4 nitrogen and oxygen atoms in total. The van der Waals surface area contributed by atoms with Crippen molar-refractivity contribution < 1.29 is 18.9 Å². The molecule has 0 bridgehead atoms. The van der Waals surface area contributed by atoms with E-state index in [9.17, 15) is 0 Å². The van der Waals surface area contributed by atoms with Crippen molar-refractivity contribution in [1.82, 2.24) is 0 Å². The molecule has 0 saturated heterocycles. The van der Waals surface area contributed by atoms with Crippen molar-refractivity contribution in [2.45, 2.75) is 18.6 Å². The van der Waals surface area contributed by atoms with E-state index in [1.807, 2.05) is 19.1 Å². The highest BCUT2D eigenvalue weighted by Crippen LogP contribution is 2.33. The van der Waals surface area contributed by atoms with E-state index in [0.29, 0.717) is 11.5 Å². The minimum atomic E-state index is -0.588. The molecule has 2 unspecified atom stereocenters. The minimum Gasteiger partial charge on any atom is -0.494 e. The fourth-order valence-corrected chi connectivity index (χ4v) is 1.67. The molecule has 4 heteroatoms.